The second-order valence-corrected chi connectivity index (χ2v) is 5.89. The third-order valence-electron chi connectivity index (χ3n) is 4.06. The molecule has 0 radical (unpaired) electrons. The van der Waals surface area contributed by atoms with Gasteiger partial charge in [0.2, 0.25) is 17.8 Å². The van der Waals surface area contributed by atoms with E-state index in [0.717, 1.165) is 27.6 Å². The highest BCUT2D eigenvalue weighted by Gasteiger charge is 2.18. The monoisotopic (exact) mass is 369 g/mol. The Kier molecular flexibility index (Phi) is 5.32. The van der Waals surface area contributed by atoms with Gasteiger partial charge in [0.1, 0.15) is 0 Å². The number of aromatic nitrogens is 1. The number of hydrogen-bond donors (Lipinski definition) is 0. The quantitative estimate of drug-likeness (QED) is 0.497. The van der Waals surface area contributed by atoms with Crippen LogP contribution in [0.1, 0.15) is 27.0 Å². The second-order valence-electron chi connectivity index (χ2n) is 5.89. The zero-order valence-electron chi connectivity index (χ0n) is 13.6. The molecule has 2 nitrogen and oxygen atoms in total. The summed E-state index contributed by atoms with van der Waals surface area (Å²) in [7, 11) is 0. The lowest BCUT2D eigenvalue weighted by atomic mass is 9.96. The van der Waals surface area contributed by atoms with Crippen LogP contribution in [-0.4, -0.2) is 5.78 Å². The predicted molar refractivity (Wildman–Crippen MR) is 89.1 cm³/mol. The molecule has 0 aliphatic carbocycles. The highest BCUT2D eigenvalue weighted by molar-refractivity contribution is 5.98. The van der Waals surface area contributed by atoms with E-state index in [9.17, 15) is 4.79 Å². The van der Waals surface area contributed by atoms with E-state index in [1.807, 2.05) is 42.8 Å². The van der Waals surface area contributed by atoms with Crippen LogP contribution in [-0.2, 0) is 6.54 Å². The zero-order chi connectivity index (χ0) is 15.7. The van der Waals surface area contributed by atoms with Crippen LogP contribution in [0.3, 0.4) is 0 Å². The molecule has 0 N–H and O–H groups in total. The van der Waals surface area contributed by atoms with Crippen molar-refractivity contribution in [1.82, 2.24) is 0 Å². The van der Waals surface area contributed by atoms with Gasteiger partial charge < -0.3 is 17.0 Å². The number of benzene rings is 2. The Labute approximate surface area is 147 Å². The van der Waals surface area contributed by atoms with Gasteiger partial charge in [-0.3, -0.25) is 4.79 Å². The van der Waals surface area contributed by atoms with Gasteiger partial charge in [0, 0.05) is 23.1 Å². The predicted octanol–water partition coefficient (Wildman–Crippen LogP) is 0.939. The minimum atomic E-state index is 0. The van der Waals surface area contributed by atoms with E-state index in [1.165, 1.54) is 5.56 Å². The zero-order valence-corrected chi connectivity index (χ0v) is 15.2. The minimum Gasteiger partial charge on any atom is -1.00 e. The Morgan fingerprint density at radius 2 is 1.57 bits per heavy atom. The number of aryl methyl sites for hydroxylation is 3. The summed E-state index contributed by atoms with van der Waals surface area (Å²) in [5.41, 5.74) is 5.25. The fourth-order valence-electron chi connectivity index (χ4n) is 3.21. The summed E-state index contributed by atoms with van der Waals surface area (Å²) >= 11 is 0. The van der Waals surface area contributed by atoms with Gasteiger partial charge in [-0.15, -0.1) is 0 Å². The van der Waals surface area contributed by atoms with Crippen molar-refractivity contribution < 1.29 is 26.3 Å². The summed E-state index contributed by atoms with van der Waals surface area (Å²) in [5, 5.41) is 1.15. The standard InChI is InChI=1S/C20H20NO.BrH/c1-14-11-15(2)20(16(3)12-14)19(22)13-21-10-6-8-17-7-4-5-9-18(17)21;/h4-12H,13H2,1-3H3;1H/q+1;/p-1. The third kappa shape index (κ3) is 3.50. The van der Waals surface area contributed by atoms with Crippen LogP contribution in [0.5, 0.6) is 0 Å². The molecule has 2 aromatic carbocycles. The Morgan fingerprint density at radius 1 is 0.957 bits per heavy atom. The molecule has 0 amide bonds. The van der Waals surface area contributed by atoms with Gasteiger partial charge in [-0.05, 0) is 44.0 Å². The summed E-state index contributed by atoms with van der Waals surface area (Å²) in [4.78, 5) is 12.8. The molecule has 0 saturated carbocycles. The van der Waals surface area contributed by atoms with Crippen LogP contribution < -0.4 is 21.5 Å². The maximum atomic E-state index is 12.8. The number of Topliss-reactive ketones (excluding diaryl/α,β-unsaturated/α-hetero) is 1. The first-order chi connectivity index (χ1) is 10.6. The first-order valence-corrected chi connectivity index (χ1v) is 7.54. The van der Waals surface area contributed by atoms with Gasteiger partial charge in [0.15, 0.2) is 6.20 Å². The molecule has 0 aliphatic rings. The summed E-state index contributed by atoms with van der Waals surface area (Å²) in [5.74, 6) is 0.163. The van der Waals surface area contributed by atoms with E-state index < -0.39 is 0 Å². The maximum absolute atomic E-state index is 12.8. The van der Waals surface area contributed by atoms with Crippen molar-refractivity contribution in [3.8, 4) is 0 Å². The number of ketones is 1. The van der Waals surface area contributed by atoms with Gasteiger partial charge in [-0.2, -0.15) is 4.57 Å². The van der Waals surface area contributed by atoms with E-state index in [2.05, 4.69) is 37.3 Å². The van der Waals surface area contributed by atoms with Crippen molar-refractivity contribution in [2.75, 3.05) is 0 Å². The molecule has 118 valence electrons. The van der Waals surface area contributed by atoms with Crippen molar-refractivity contribution in [2.45, 2.75) is 27.3 Å². The molecule has 3 heteroatoms. The number of halogens is 1. The van der Waals surface area contributed by atoms with Crippen LogP contribution in [0, 0.1) is 20.8 Å². The molecular weight excluding hydrogens is 350 g/mol. The molecular formula is C20H20BrNO. The third-order valence-corrected chi connectivity index (χ3v) is 4.06. The summed E-state index contributed by atoms with van der Waals surface area (Å²) in [6, 6.07) is 16.4. The second kappa shape index (κ2) is 7.05. The summed E-state index contributed by atoms with van der Waals surface area (Å²) < 4.78 is 2.02. The van der Waals surface area contributed by atoms with Crippen LogP contribution >= 0.6 is 0 Å². The van der Waals surface area contributed by atoms with Crippen LogP contribution in [0.25, 0.3) is 10.9 Å². The fourth-order valence-corrected chi connectivity index (χ4v) is 3.21. The minimum absolute atomic E-state index is 0. The smallest absolute Gasteiger partial charge is 0.228 e. The molecule has 0 atom stereocenters. The fraction of sp³-hybridized carbons (Fsp3) is 0.200. The van der Waals surface area contributed by atoms with E-state index in [4.69, 9.17) is 0 Å². The average molecular weight is 370 g/mol. The molecule has 0 unspecified atom stereocenters. The molecule has 0 aliphatic heterocycles. The van der Waals surface area contributed by atoms with Crippen molar-refractivity contribution in [2.24, 2.45) is 0 Å². The number of fused-ring (bicyclic) bond motifs is 1. The maximum Gasteiger partial charge on any atom is 0.228 e. The number of carbonyl (C=O) groups is 1. The van der Waals surface area contributed by atoms with E-state index in [-0.39, 0.29) is 22.8 Å². The molecule has 3 aromatic rings. The van der Waals surface area contributed by atoms with E-state index in [0.29, 0.717) is 6.54 Å². The lowest BCUT2D eigenvalue weighted by Crippen LogP contribution is -3.00. The largest absolute Gasteiger partial charge is 1.00 e. The topological polar surface area (TPSA) is 20.9 Å². The van der Waals surface area contributed by atoms with Gasteiger partial charge in [-0.25, -0.2) is 0 Å². The number of nitrogens with zero attached hydrogens (tertiary/aromatic N) is 1. The SMILES string of the molecule is Cc1cc(C)c(C(=O)C[n+]2cccc3ccccc32)c(C)c1.[Br-]. The number of pyridine rings is 1. The van der Waals surface area contributed by atoms with Crippen LogP contribution in [0.15, 0.2) is 54.7 Å². The summed E-state index contributed by atoms with van der Waals surface area (Å²) in [6.45, 7) is 6.46. The van der Waals surface area contributed by atoms with E-state index >= 15 is 0 Å². The normalized spacial score (nSPS) is 10.4. The van der Waals surface area contributed by atoms with Gasteiger partial charge in [0.05, 0.1) is 0 Å². The van der Waals surface area contributed by atoms with Crippen molar-refractivity contribution in [1.29, 1.82) is 0 Å². The molecule has 23 heavy (non-hydrogen) atoms. The molecule has 0 spiro atoms. The van der Waals surface area contributed by atoms with E-state index in [1.54, 1.807) is 0 Å². The van der Waals surface area contributed by atoms with Gasteiger partial charge >= 0.3 is 0 Å². The lowest BCUT2D eigenvalue weighted by molar-refractivity contribution is -0.657. The molecule has 0 bridgehead atoms. The van der Waals surface area contributed by atoms with Crippen LogP contribution in [0.4, 0.5) is 0 Å². The van der Waals surface area contributed by atoms with Crippen molar-refractivity contribution >= 4 is 16.7 Å². The van der Waals surface area contributed by atoms with Gasteiger partial charge in [0.25, 0.3) is 0 Å². The number of rotatable bonds is 3. The van der Waals surface area contributed by atoms with Gasteiger partial charge in [-0.1, -0.05) is 29.8 Å². The Balaban J connectivity index is 0.00000192. The first-order valence-electron chi connectivity index (χ1n) is 7.54. The molecule has 0 saturated heterocycles. The van der Waals surface area contributed by atoms with Crippen LogP contribution in [0.2, 0.25) is 0 Å². The Hall–Kier alpha value is -2.00. The Morgan fingerprint density at radius 3 is 2.26 bits per heavy atom. The molecule has 0 fully saturated rings. The number of hydrogen-bond acceptors (Lipinski definition) is 1. The van der Waals surface area contributed by atoms with Crippen molar-refractivity contribution in [3.05, 3.63) is 77.0 Å². The number of carbonyl (C=O) groups excluding carboxylic acids is 1. The first kappa shape index (κ1) is 17.4. The van der Waals surface area contributed by atoms with Crippen molar-refractivity contribution in [3.63, 3.8) is 0 Å². The number of para-hydroxylation sites is 1. The lowest BCUT2D eigenvalue weighted by Gasteiger charge is -2.09. The molecule has 3 rings (SSSR count). The Bertz CT molecular complexity index is 842. The highest BCUT2D eigenvalue weighted by Crippen LogP contribution is 2.17. The molecule has 1 aromatic heterocycles. The molecule has 1 heterocycles. The average Bonchev–Trinajstić information content (AvgIpc) is 2.46. The highest BCUT2D eigenvalue weighted by atomic mass is 79.9. The summed E-state index contributed by atoms with van der Waals surface area (Å²) in [6.07, 6.45) is 1.97.